The zero-order valence-corrected chi connectivity index (χ0v) is 7.62. The number of rotatable bonds is 2. The predicted molar refractivity (Wildman–Crippen MR) is 42.5 cm³/mol. The zero-order chi connectivity index (χ0) is 9.84. The molecule has 0 radical (unpaired) electrons. The van der Waals surface area contributed by atoms with Gasteiger partial charge in [0.15, 0.2) is 0 Å². The summed E-state index contributed by atoms with van der Waals surface area (Å²) in [5.74, 6) is -1.71. The Hall–Kier alpha value is -1.06. The van der Waals surface area contributed by atoms with Crippen LogP contribution in [0, 0.1) is 11.8 Å². The number of aliphatic carboxylic acids is 1. The maximum Gasteiger partial charge on any atom is 0.308 e. The van der Waals surface area contributed by atoms with E-state index in [1.165, 1.54) is 7.11 Å². The Labute approximate surface area is 76.9 Å². The van der Waals surface area contributed by atoms with Gasteiger partial charge in [-0.2, -0.15) is 0 Å². The molecule has 0 N–H and O–H groups in total. The summed E-state index contributed by atoms with van der Waals surface area (Å²) in [5.41, 5.74) is 0. The van der Waals surface area contributed by atoms with E-state index in [4.69, 9.17) is 0 Å². The molecule has 4 nitrogen and oxygen atoms in total. The molecule has 1 rings (SSSR count). The molecule has 0 atom stereocenters. The second-order valence-electron chi connectivity index (χ2n) is 3.39. The highest BCUT2D eigenvalue weighted by atomic mass is 16.5. The van der Waals surface area contributed by atoms with Gasteiger partial charge in [0.05, 0.1) is 13.0 Å². The molecule has 74 valence electrons. The van der Waals surface area contributed by atoms with Crippen molar-refractivity contribution in [3.8, 4) is 0 Å². The molecular weight excluding hydrogens is 172 g/mol. The maximum atomic E-state index is 11.1. The van der Waals surface area contributed by atoms with Crippen LogP contribution in [-0.2, 0) is 14.3 Å². The van der Waals surface area contributed by atoms with Crippen LogP contribution >= 0.6 is 0 Å². The average molecular weight is 185 g/mol. The molecule has 0 aliphatic heterocycles. The van der Waals surface area contributed by atoms with Crippen molar-refractivity contribution >= 4 is 11.9 Å². The molecule has 1 aliphatic carbocycles. The molecule has 0 heterocycles. The molecule has 0 saturated heterocycles. The van der Waals surface area contributed by atoms with Gasteiger partial charge < -0.3 is 14.6 Å². The van der Waals surface area contributed by atoms with E-state index in [1.54, 1.807) is 0 Å². The number of carbonyl (C=O) groups is 2. The summed E-state index contributed by atoms with van der Waals surface area (Å²) < 4.78 is 4.58. The number of esters is 1. The summed E-state index contributed by atoms with van der Waals surface area (Å²) in [7, 11) is 1.35. The van der Waals surface area contributed by atoms with E-state index in [-0.39, 0.29) is 17.8 Å². The first-order valence-electron chi connectivity index (χ1n) is 4.44. The Morgan fingerprint density at radius 3 is 2.00 bits per heavy atom. The Morgan fingerprint density at radius 2 is 1.62 bits per heavy atom. The average Bonchev–Trinajstić information content (AvgIpc) is 2.17. The maximum absolute atomic E-state index is 11.1. The Bertz CT molecular complexity index is 204. The molecule has 0 amide bonds. The third-order valence-corrected chi connectivity index (χ3v) is 2.60. The lowest BCUT2D eigenvalue weighted by Crippen LogP contribution is -2.35. The van der Waals surface area contributed by atoms with Gasteiger partial charge >= 0.3 is 5.97 Å². The molecule has 1 aliphatic rings. The fourth-order valence-electron chi connectivity index (χ4n) is 1.73. The summed E-state index contributed by atoms with van der Waals surface area (Å²) in [6.07, 6.45) is 2.26. The highest BCUT2D eigenvalue weighted by molar-refractivity contribution is 5.73. The van der Waals surface area contributed by atoms with Crippen molar-refractivity contribution in [2.75, 3.05) is 7.11 Å². The lowest BCUT2D eigenvalue weighted by atomic mass is 9.82. The van der Waals surface area contributed by atoms with Gasteiger partial charge in [0.2, 0.25) is 0 Å². The molecule has 0 aromatic carbocycles. The van der Waals surface area contributed by atoms with Gasteiger partial charge in [-0.1, -0.05) is 0 Å². The molecule has 1 fully saturated rings. The van der Waals surface area contributed by atoms with Crippen molar-refractivity contribution in [3.63, 3.8) is 0 Å². The summed E-state index contributed by atoms with van der Waals surface area (Å²) in [6, 6.07) is 0. The molecule has 0 unspecified atom stereocenters. The van der Waals surface area contributed by atoms with Crippen LogP contribution in [0.15, 0.2) is 0 Å². The first-order valence-corrected chi connectivity index (χ1v) is 4.44. The standard InChI is InChI=1S/C9H14O4/c1-13-9(12)7-4-2-6(3-5-7)8(10)11/h6-7H,2-5H2,1H3,(H,10,11)/p-1. The summed E-state index contributed by atoms with van der Waals surface area (Å²) >= 11 is 0. The van der Waals surface area contributed by atoms with Crippen molar-refractivity contribution in [2.24, 2.45) is 11.8 Å². The fourth-order valence-corrected chi connectivity index (χ4v) is 1.73. The first kappa shape index (κ1) is 10.0. The number of hydrogen-bond donors (Lipinski definition) is 0. The van der Waals surface area contributed by atoms with Gasteiger partial charge in [-0.15, -0.1) is 0 Å². The second kappa shape index (κ2) is 4.25. The molecule has 13 heavy (non-hydrogen) atoms. The minimum absolute atomic E-state index is 0.111. The SMILES string of the molecule is COC(=O)C1CCC(C(=O)[O-])CC1. The number of ether oxygens (including phenoxy) is 1. The monoisotopic (exact) mass is 185 g/mol. The van der Waals surface area contributed by atoms with Gasteiger partial charge in [0, 0.05) is 5.97 Å². The van der Waals surface area contributed by atoms with E-state index in [2.05, 4.69) is 4.74 Å². The molecule has 0 aromatic rings. The molecule has 0 spiro atoms. The van der Waals surface area contributed by atoms with Gasteiger partial charge in [-0.05, 0) is 31.6 Å². The van der Waals surface area contributed by atoms with E-state index in [9.17, 15) is 14.7 Å². The van der Waals surface area contributed by atoms with Crippen LogP contribution in [0.2, 0.25) is 0 Å². The quantitative estimate of drug-likeness (QED) is 0.555. The summed E-state index contributed by atoms with van der Waals surface area (Å²) in [4.78, 5) is 21.5. The van der Waals surface area contributed by atoms with Crippen molar-refractivity contribution < 1.29 is 19.4 Å². The third kappa shape index (κ3) is 2.44. The summed E-state index contributed by atoms with van der Waals surface area (Å²) in [6.45, 7) is 0. The van der Waals surface area contributed by atoms with E-state index in [0.717, 1.165) is 0 Å². The highest BCUT2D eigenvalue weighted by Gasteiger charge is 2.27. The normalized spacial score (nSPS) is 28.1. The van der Waals surface area contributed by atoms with Crippen LogP contribution in [0.1, 0.15) is 25.7 Å². The molecule has 4 heteroatoms. The van der Waals surface area contributed by atoms with Crippen LogP contribution in [0.4, 0.5) is 0 Å². The Morgan fingerprint density at radius 1 is 1.15 bits per heavy atom. The largest absolute Gasteiger partial charge is 0.550 e. The van der Waals surface area contributed by atoms with E-state index in [1.807, 2.05) is 0 Å². The number of hydrogen-bond acceptors (Lipinski definition) is 4. The first-order chi connectivity index (χ1) is 6.15. The van der Waals surface area contributed by atoms with Crippen molar-refractivity contribution in [2.45, 2.75) is 25.7 Å². The molecule has 0 aromatic heterocycles. The molecule has 1 saturated carbocycles. The van der Waals surface area contributed by atoms with Gasteiger partial charge in [0.25, 0.3) is 0 Å². The van der Waals surface area contributed by atoms with E-state index >= 15 is 0 Å². The van der Waals surface area contributed by atoms with Crippen LogP contribution in [0.3, 0.4) is 0 Å². The minimum atomic E-state index is -0.997. The topological polar surface area (TPSA) is 66.4 Å². The molecular formula is C9H13O4-. The van der Waals surface area contributed by atoms with Crippen LogP contribution in [0.5, 0.6) is 0 Å². The van der Waals surface area contributed by atoms with Crippen LogP contribution in [0.25, 0.3) is 0 Å². The molecule has 0 bridgehead atoms. The van der Waals surface area contributed by atoms with E-state index in [0.29, 0.717) is 25.7 Å². The van der Waals surface area contributed by atoms with Crippen molar-refractivity contribution in [3.05, 3.63) is 0 Å². The van der Waals surface area contributed by atoms with Gasteiger partial charge in [-0.3, -0.25) is 4.79 Å². The lowest BCUT2D eigenvalue weighted by Gasteiger charge is -2.27. The predicted octanol–water partition coefficient (Wildman–Crippen LogP) is -0.284. The zero-order valence-electron chi connectivity index (χ0n) is 7.62. The van der Waals surface area contributed by atoms with Gasteiger partial charge in [-0.25, -0.2) is 0 Å². The van der Waals surface area contributed by atoms with Crippen molar-refractivity contribution in [1.82, 2.24) is 0 Å². The van der Waals surface area contributed by atoms with Crippen LogP contribution in [-0.4, -0.2) is 19.0 Å². The number of carboxylic acid groups (broad SMARTS) is 1. The van der Waals surface area contributed by atoms with Gasteiger partial charge in [0.1, 0.15) is 0 Å². The lowest BCUT2D eigenvalue weighted by molar-refractivity contribution is -0.312. The minimum Gasteiger partial charge on any atom is -0.550 e. The number of methoxy groups -OCH3 is 1. The third-order valence-electron chi connectivity index (χ3n) is 2.60. The Kier molecular flexibility index (Phi) is 3.28. The second-order valence-corrected chi connectivity index (χ2v) is 3.39. The van der Waals surface area contributed by atoms with Crippen LogP contribution < -0.4 is 5.11 Å². The fraction of sp³-hybridized carbons (Fsp3) is 0.778. The smallest absolute Gasteiger partial charge is 0.308 e. The highest BCUT2D eigenvalue weighted by Crippen LogP contribution is 2.28. The Balaban J connectivity index is 2.39. The summed E-state index contributed by atoms with van der Waals surface area (Å²) in [5, 5.41) is 10.5. The van der Waals surface area contributed by atoms with E-state index < -0.39 is 5.97 Å². The van der Waals surface area contributed by atoms with Crippen molar-refractivity contribution in [1.29, 1.82) is 0 Å². The number of carboxylic acids is 1. The number of carbonyl (C=O) groups excluding carboxylic acids is 2.